The lowest BCUT2D eigenvalue weighted by molar-refractivity contribution is 0.367. The Kier molecular flexibility index (Phi) is 3.98. The Hall–Kier alpha value is -1.64. The van der Waals surface area contributed by atoms with Gasteiger partial charge >= 0.3 is 0 Å². The molecule has 0 fully saturated rings. The summed E-state index contributed by atoms with van der Waals surface area (Å²) >= 11 is 0. The van der Waals surface area contributed by atoms with E-state index in [1.54, 1.807) is 0 Å². The van der Waals surface area contributed by atoms with Crippen LogP contribution < -0.4 is 0 Å². The van der Waals surface area contributed by atoms with Crippen molar-refractivity contribution in [2.75, 3.05) is 0 Å². The maximum Gasteiger partial charge on any atom is 0.0490 e. The molecule has 0 aliphatic heterocycles. The van der Waals surface area contributed by atoms with Gasteiger partial charge in [-0.2, -0.15) is 5.10 Å². The van der Waals surface area contributed by atoms with E-state index in [9.17, 15) is 0 Å². The first-order valence-corrected chi connectivity index (χ1v) is 7.25. The third-order valence-electron chi connectivity index (χ3n) is 4.34. The van der Waals surface area contributed by atoms with Crippen molar-refractivity contribution in [2.45, 2.75) is 58.3 Å². The average Bonchev–Trinajstić information content (AvgIpc) is 2.92. The lowest BCUT2D eigenvalue weighted by atomic mass is 9.74. The number of hydrogen-bond acceptors (Lipinski definition) is 2. The molecular formula is C17H25N3. The fourth-order valence-electron chi connectivity index (χ4n) is 2.73. The molecule has 0 aliphatic rings. The summed E-state index contributed by atoms with van der Waals surface area (Å²) in [6.45, 7) is 11.2. The zero-order valence-corrected chi connectivity index (χ0v) is 13.2. The molecule has 2 heterocycles. The molecule has 3 nitrogen and oxygen atoms in total. The van der Waals surface area contributed by atoms with Crippen LogP contribution >= 0.6 is 0 Å². The quantitative estimate of drug-likeness (QED) is 0.887. The van der Waals surface area contributed by atoms with E-state index in [1.165, 1.54) is 11.3 Å². The van der Waals surface area contributed by atoms with Crippen LogP contribution in [0.25, 0.3) is 0 Å². The molecule has 0 atom stereocenters. The summed E-state index contributed by atoms with van der Waals surface area (Å²) < 4.78 is 0. The molecule has 0 amide bonds. The molecule has 0 spiro atoms. The van der Waals surface area contributed by atoms with Crippen molar-refractivity contribution in [1.82, 2.24) is 15.2 Å². The summed E-state index contributed by atoms with van der Waals surface area (Å²) in [5, 5.41) is 7.17. The predicted molar refractivity (Wildman–Crippen MR) is 82.8 cm³/mol. The van der Waals surface area contributed by atoms with Crippen molar-refractivity contribution in [3.63, 3.8) is 0 Å². The van der Waals surface area contributed by atoms with Crippen LogP contribution in [-0.4, -0.2) is 15.2 Å². The molecule has 3 heteroatoms. The molecule has 2 aromatic rings. The summed E-state index contributed by atoms with van der Waals surface area (Å²) in [7, 11) is 0. The normalized spacial score (nSPS) is 12.7. The Bertz CT molecular complexity index is 553. The maximum atomic E-state index is 4.42. The van der Waals surface area contributed by atoms with Crippen LogP contribution in [0.4, 0.5) is 0 Å². The van der Waals surface area contributed by atoms with Crippen LogP contribution in [0.2, 0.25) is 0 Å². The molecule has 108 valence electrons. The van der Waals surface area contributed by atoms with E-state index < -0.39 is 0 Å². The molecule has 0 saturated heterocycles. The molecule has 2 aromatic heterocycles. The monoisotopic (exact) mass is 271 g/mol. The topological polar surface area (TPSA) is 41.6 Å². The standard InChI is InChI=1S/C17H25N3/c1-13-14(7-6-11-18-13)16(2,3)9-10-17(4,5)15-8-12-19-20-15/h6-8,11-12H,9-10H2,1-5H3,(H,19,20). The Morgan fingerprint density at radius 3 is 2.30 bits per heavy atom. The third kappa shape index (κ3) is 3.09. The van der Waals surface area contributed by atoms with Gasteiger partial charge in [0.1, 0.15) is 0 Å². The summed E-state index contributed by atoms with van der Waals surface area (Å²) in [6, 6.07) is 6.30. The average molecular weight is 271 g/mol. The third-order valence-corrected chi connectivity index (χ3v) is 4.34. The fourth-order valence-corrected chi connectivity index (χ4v) is 2.73. The van der Waals surface area contributed by atoms with Gasteiger partial charge in [-0.15, -0.1) is 0 Å². The molecule has 20 heavy (non-hydrogen) atoms. The molecule has 2 rings (SSSR count). The first-order chi connectivity index (χ1) is 9.33. The van der Waals surface area contributed by atoms with E-state index in [0.29, 0.717) is 0 Å². The summed E-state index contributed by atoms with van der Waals surface area (Å²) in [5.41, 5.74) is 3.94. The van der Waals surface area contributed by atoms with Crippen molar-refractivity contribution in [2.24, 2.45) is 0 Å². The Labute approximate surface area is 121 Å². The molecule has 0 saturated carbocycles. The van der Waals surface area contributed by atoms with Gasteiger partial charge < -0.3 is 0 Å². The minimum Gasteiger partial charge on any atom is -0.282 e. The van der Waals surface area contributed by atoms with E-state index in [-0.39, 0.29) is 10.8 Å². The van der Waals surface area contributed by atoms with Gasteiger partial charge in [-0.05, 0) is 42.9 Å². The van der Waals surface area contributed by atoms with Gasteiger partial charge in [0.05, 0.1) is 0 Å². The summed E-state index contributed by atoms with van der Waals surface area (Å²) in [6.07, 6.45) is 5.92. The van der Waals surface area contributed by atoms with Gasteiger partial charge in [0, 0.05) is 29.2 Å². The molecule has 0 aliphatic carbocycles. The van der Waals surface area contributed by atoms with Crippen LogP contribution in [-0.2, 0) is 10.8 Å². The summed E-state index contributed by atoms with van der Waals surface area (Å²) in [4.78, 5) is 4.42. The highest BCUT2D eigenvalue weighted by Crippen LogP contribution is 2.35. The highest BCUT2D eigenvalue weighted by atomic mass is 15.1. The van der Waals surface area contributed by atoms with Crippen molar-refractivity contribution in [3.05, 3.63) is 47.5 Å². The lowest BCUT2D eigenvalue weighted by Gasteiger charge is -2.31. The molecule has 0 unspecified atom stereocenters. The van der Waals surface area contributed by atoms with Gasteiger partial charge in [0.25, 0.3) is 0 Å². The van der Waals surface area contributed by atoms with Crippen LogP contribution in [0.1, 0.15) is 57.5 Å². The maximum absolute atomic E-state index is 4.42. The fraction of sp³-hybridized carbons (Fsp3) is 0.529. The van der Waals surface area contributed by atoms with Gasteiger partial charge in [-0.3, -0.25) is 10.1 Å². The number of nitrogens with zero attached hydrogens (tertiary/aromatic N) is 2. The molecule has 0 bridgehead atoms. The lowest BCUT2D eigenvalue weighted by Crippen LogP contribution is -2.25. The van der Waals surface area contributed by atoms with E-state index in [4.69, 9.17) is 0 Å². The first kappa shape index (κ1) is 14.8. The minimum atomic E-state index is 0.115. The van der Waals surface area contributed by atoms with Gasteiger partial charge in [-0.1, -0.05) is 33.8 Å². The smallest absolute Gasteiger partial charge is 0.0490 e. The Morgan fingerprint density at radius 1 is 1.00 bits per heavy atom. The van der Waals surface area contributed by atoms with E-state index >= 15 is 0 Å². The second-order valence-corrected chi connectivity index (χ2v) is 6.87. The molecular weight excluding hydrogens is 246 g/mol. The zero-order chi connectivity index (χ0) is 14.8. The number of H-pyrrole nitrogens is 1. The number of rotatable bonds is 5. The van der Waals surface area contributed by atoms with Gasteiger partial charge in [0.15, 0.2) is 0 Å². The number of nitrogens with one attached hydrogen (secondary N) is 1. The van der Waals surface area contributed by atoms with Crippen molar-refractivity contribution in [3.8, 4) is 0 Å². The molecule has 1 N–H and O–H groups in total. The molecule has 0 aromatic carbocycles. The number of hydrogen-bond donors (Lipinski definition) is 1. The summed E-state index contributed by atoms with van der Waals surface area (Å²) in [5.74, 6) is 0. The highest BCUT2D eigenvalue weighted by Gasteiger charge is 2.28. The van der Waals surface area contributed by atoms with Crippen molar-refractivity contribution in [1.29, 1.82) is 0 Å². The SMILES string of the molecule is Cc1ncccc1C(C)(C)CCC(C)(C)c1ccn[nH]1. The van der Waals surface area contributed by atoms with Crippen molar-refractivity contribution >= 4 is 0 Å². The number of pyridine rings is 1. The van der Waals surface area contributed by atoms with Crippen molar-refractivity contribution < 1.29 is 0 Å². The van der Waals surface area contributed by atoms with Crippen LogP contribution in [0.3, 0.4) is 0 Å². The number of aryl methyl sites for hydroxylation is 1. The molecule has 0 radical (unpaired) electrons. The van der Waals surface area contributed by atoms with Gasteiger partial charge in [0.2, 0.25) is 0 Å². The van der Waals surface area contributed by atoms with E-state index in [1.807, 2.05) is 18.5 Å². The predicted octanol–water partition coefficient (Wildman–Crippen LogP) is 4.15. The van der Waals surface area contributed by atoms with Crippen LogP contribution in [0.15, 0.2) is 30.6 Å². The number of aromatic nitrogens is 3. The zero-order valence-electron chi connectivity index (χ0n) is 13.2. The van der Waals surface area contributed by atoms with Crippen LogP contribution in [0.5, 0.6) is 0 Å². The van der Waals surface area contributed by atoms with Crippen LogP contribution in [0, 0.1) is 6.92 Å². The number of aromatic amines is 1. The second kappa shape index (κ2) is 5.39. The Morgan fingerprint density at radius 2 is 1.70 bits per heavy atom. The Balaban J connectivity index is 2.12. The van der Waals surface area contributed by atoms with Gasteiger partial charge in [-0.25, -0.2) is 0 Å². The first-order valence-electron chi connectivity index (χ1n) is 7.25. The minimum absolute atomic E-state index is 0.115. The largest absolute Gasteiger partial charge is 0.282 e. The van der Waals surface area contributed by atoms with E-state index in [0.717, 1.165) is 18.5 Å². The second-order valence-electron chi connectivity index (χ2n) is 6.87. The highest BCUT2D eigenvalue weighted by molar-refractivity contribution is 5.27. The van der Waals surface area contributed by atoms with E-state index in [2.05, 4.69) is 61.9 Å².